The quantitative estimate of drug-likeness (QED) is 0.492. The Labute approximate surface area is 186 Å². The predicted octanol–water partition coefficient (Wildman–Crippen LogP) is 1.79. The van der Waals surface area contributed by atoms with Crippen molar-refractivity contribution in [3.05, 3.63) is 48.5 Å². The van der Waals surface area contributed by atoms with Crippen molar-refractivity contribution in [1.29, 1.82) is 0 Å². The molecule has 1 fully saturated rings. The number of fused-ring (bicyclic) bond motifs is 1. The average molecular weight is 450 g/mol. The summed E-state index contributed by atoms with van der Waals surface area (Å²) in [6.07, 6.45) is 2.50. The number of hydrogen-bond donors (Lipinski definition) is 1. The van der Waals surface area contributed by atoms with Gasteiger partial charge in [0.2, 0.25) is 11.7 Å². The molecule has 0 bridgehead atoms. The molecule has 2 amide bonds. The lowest BCUT2D eigenvalue weighted by atomic mass is 10.1. The number of anilines is 1. The van der Waals surface area contributed by atoms with Crippen molar-refractivity contribution in [3.63, 3.8) is 0 Å². The van der Waals surface area contributed by atoms with Gasteiger partial charge >= 0.3 is 6.09 Å². The van der Waals surface area contributed by atoms with Crippen molar-refractivity contribution < 1.29 is 18.7 Å². The highest BCUT2D eigenvalue weighted by Crippen LogP contribution is 2.30. The summed E-state index contributed by atoms with van der Waals surface area (Å²) in [5.41, 5.74) is 2.58. The second-order valence-electron chi connectivity index (χ2n) is 7.65. The van der Waals surface area contributed by atoms with Gasteiger partial charge in [0.1, 0.15) is 23.3 Å². The van der Waals surface area contributed by atoms with E-state index in [1.165, 1.54) is 22.6 Å². The van der Waals surface area contributed by atoms with Crippen molar-refractivity contribution in [2.45, 2.75) is 13.0 Å². The van der Waals surface area contributed by atoms with E-state index in [2.05, 4.69) is 25.8 Å². The normalized spacial score (nSPS) is 15.8. The van der Waals surface area contributed by atoms with Gasteiger partial charge in [0, 0.05) is 31.9 Å². The largest absolute Gasteiger partial charge is 0.442 e. The van der Waals surface area contributed by atoms with Gasteiger partial charge in [-0.2, -0.15) is 0 Å². The predicted molar refractivity (Wildman–Crippen MR) is 115 cm³/mol. The number of imidazole rings is 1. The Bertz CT molecular complexity index is 1380. The van der Waals surface area contributed by atoms with Gasteiger partial charge in [0.15, 0.2) is 0 Å². The molecule has 4 heterocycles. The number of nitrogens with one attached hydrogen (secondary N) is 1. The number of halogens is 1. The van der Waals surface area contributed by atoms with Crippen molar-refractivity contribution in [2.75, 3.05) is 18.0 Å². The highest BCUT2D eigenvalue weighted by Gasteiger charge is 2.32. The third-order valence-corrected chi connectivity index (χ3v) is 5.34. The number of amides is 2. The third-order valence-electron chi connectivity index (χ3n) is 5.34. The minimum Gasteiger partial charge on any atom is -0.442 e. The summed E-state index contributed by atoms with van der Waals surface area (Å²) in [6.45, 7) is 1.81. The van der Waals surface area contributed by atoms with Crippen molar-refractivity contribution in [2.24, 2.45) is 7.05 Å². The summed E-state index contributed by atoms with van der Waals surface area (Å²) in [4.78, 5) is 29.2. The molecule has 1 N–H and O–H groups in total. The lowest BCUT2D eigenvalue weighted by molar-refractivity contribution is -0.119. The molecular formula is C21H19FN8O3. The summed E-state index contributed by atoms with van der Waals surface area (Å²) in [5, 5.41) is 14.0. The Balaban J connectivity index is 1.40. The smallest absolute Gasteiger partial charge is 0.414 e. The van der Waals surface area contributed by atoms with E-state index >= 15 is 4.39 Å². The number of carbonyl (C=O) groups is 2. The Morgan fingerprint density at radius 2 is 2.15 bits per heavy atom. The first-order chi connectivity index (χ1) is 15.9. The van der Waals surface area contributed by atoms with Gasteiger partial charge in [-0.25, -0.2) is 18.9 Å². The summed E-state index contributed by atoms with van der Waals surface area (Å²) >= 11 is 0. The van der Waals surface area contributed by atoms with E-state index in [1.54, 1.807) is 48.1 Å². The number of carbonyl (C=O) groups excluding carboxylic acids is 2. The maximum Gasteiger partial charge on any atom is 0.414 e. The van der Waals surface area contributed by atoms with Crippen LogP contribution in [0.25, 0.3) is 28.3 Å². The standard InChI is InChI=1S/C21H19FN8O3/c1-12(31)23-9-15-10-30(21(32)33-15)14-3-4-16(17(22)8-14)13-5-6-29-11-18(24-19(29)7-13)20-25-26-27-28(20)2/h3-8,11,15H,9-10H2,1-2H3,(H,23,31)/t15-/m0/s1. The minimum atomic E-state index is -0.581. The van der Waals surface area contributed by atoms with E-state index in [0.29, 0.717) is 34.0 Å². The minimum absolute atomic E-state index is 0.203. The number of benzene rings is 1. The number of nitrogens with zero attached hydrogens (tertiary/aromatic N) is 7. The van der Waals surface area contributed by atoms with Crippen molar-refractivity contribution in [1.82, 2.24) is 34.9 Å². The molecule has 1 atom stereocenters. The molecule has 0 saturated carbocycles. The number of ether oxygens (including phenoxy) is 1. The molecule has 168 valence electrons. The molecule has 0 aliphatic carbocycles. The zero-order chi connectivity index (χ0) is 23.1. The van der Waals surface area contributed by atoms with Gasteiger partial charge in [-0.15, -0.1) is 5.10 Å². The van der Waals surface area contributed by atoms with Crippen LogP contribution in [0.2, 0.25) is 0 Å². The monoisotopic (exact) mass is 450 g/mol. The van der Waals surface area contributed by atoms with Crippen LogP contribution in [0.1, 0.15) is 6.92 Å². The fraction of sp³-hybridized carbons (Fsp3) is 0.238. The first-order valence-corrected chi connectivity index (χ1v) is 10.1. The van der Waals surface area contributed by atoms with Crippen LogP contribution in [-0.2, 0) is 16.6 Å². The first kappa shape index (κ1) is 20.5. The molecule has 1 aliphatic rings. The number of aryl methyl sites for hydroxylation is 1. The maximum absolute atomic E-state index is 15.1. The Hall–Kier alpha value is -4.35. The molecule has 0 radical (unpaired) electrons. The average Bonchev–Trinajstić information content (AvgIpc) is 3.49. The van der Waals surface area contributed by atoms with E-state index in [-0.39, 0.29) is 19.0 Å². The zero-order valence-corrected chi connectivity index (χ0v) is 17.8. The zero-order valence-electron chi connectivity index (χ0n) is 17.8. The van der Waals surface area contributed by atoms with Gasteiger partial charge in [-0.3, -0.25) is 9.69 Å². The molecule has 12 heteroatoms. The number of aromatic nitrogens is 6. The fourth-order valence-electron chi connectivity index (χ4n) is 3.71. The van der Waals surface area contributed by atoms with Crippen LogP contribution in [-0.4, -0.2) is 60.8 Å². The molecule has 0 spiro atoms. The molecule has 1 aliphatic heterocycles. The van der Waals surface area contributed by atoms with Gasteiger partial charge in [-0.05, 0) is 46.3 Å². The number of cyclic esters (lactones) is 1. The van der Waals surface area contributed by atoms with Crippen molar-refractivity contribution in [3.8, 4) is 22.6 Å². The first-order valence-electron chi connectivity index (χ1n) is 10.1. The van der Waals surface area contributed by atoms with E-state index in [1.807, 2.05) is 0 Å². The third kappa shape index (κ3) is 3.86. The molecule has 11 nitrogen and oxygen atoms in total. The lowest BCUT2D eigenvalue weighted by Gasteiger charge is -2.14. The van der Waals surface area contributed by atoms with Gasteiger partial charge in [0.25, 0.3) is 0 Å². The molecule has 0 unspecified atom stereocenters. The molecule has 5 rings (SSSR count). The molecule has 3 aromatic heterocycles. The van der Waals surface area contributed by atoms with Crippen LogP contribution >= 0.6 is 0 Å². The van der Waals surface area contributed by atoms with Crippen LogP contribution in [0.5, 0.6) is 0 Å². The lowest BCUT2D eigenvalue weighted by Crippen LogP contribution is -2.33. The van der Waals surface area contributed by atoms with Crippen LogP contribution < -0.4 is 10.2 Å². The van der Waals surface area contributed by atoms with Crippen LogP contribution in [0.4, 0.5) is 14.9 Å². The van der Waals surface area contributed by atoms with E-state index < -0.39 is 18.0 Å². The second-order valence-corrected chi connectivity index (χ2v) is 7.65. The van der Waals surface area contributed by atoms with E-state index in [4.69, 9.17) is 4.74 Å². The van der Waals surface area contributed by atoms with Crippen LogP contribution in [0.15, 0.2) is 42.7 Å². The Kier molecular flexibility index (Phi) is 4.96. The van der Waals surface area contributed by atoms with Crippen LogP contribution in [0.3, 0.4) is 0 Å². The maximum atomic E-state index is 15.1. The van der Waals surface area contributed by atoms with Crippen molar-refractivity contribution >= 4 is 23.3 Å². The summed E-state index contributed by atoms with van der Waals surface area (Å²) in [6, 6.07) is 8.11. The molecule has 1 aromatic carbocycles. The van der Waals surface area contributed by atoms with Gasteiger partial charge in [-0.1, -0.05) is 0 Å². The molecule has 33 heavy (non-hydrogen) atoms. The highest BCUT2D eigenvalue weighted by atomic mass is 19.1. The summed E-state index contributed by atoms with van der Waals surface area (Å²) in [7, 11) is 1.72. The Morgan fingerprint density at radius 3 is 2.88 bits per heavy atom. The van der Waals surface area contributed by atoms with Gasteiger partial charge < -0.3 is 14.5 Å². The summed E-state index contributed by atoms with van der Waals surface area (Å²) < 4.78 is 23.6. The van der Waals surface area contributed by atoms with E-state index in [9.17, 15) is 9.59 Å². The molecular weight excluding hydrogens is 431 g/mol. The number of pyridine rings is 1. The fourth-order valence-corrected chi connectivity index (χ4v) is 3.71. The molecule has 4 aromatic rings. The molecule has 1 saturated heterocycles. The Morgan fingerprint density at radius 1 is 1.30 bits per heavy atom. The highest BCUT2D eigenvalue weighted by molar-refractivity contribution is 5.90. The van der Waals surface area contributed by atoms with Crippen LogP contribution in [0, 0.1) is 5.82 Å². The number of tetrazole rings is 1. The van der Waals surface area contributed by atoms with Gasteiger partial charge in [0.05, 0.1) is 18.8 Å². The summed E-state index contributed by atoms with van der Waals surface area (Å²) in [5.74, 6) is -0.181. The topological polar surface area (TPSA) is 120 Å². The van der Waals surface area contributed by atoms with E-state index in [0.717, 1.165) is 0 Å². The SMILES string of the molecule is CC(=O)NC[C@H]1CN(c2ccc(-c3ccn4cc(-c5nnnn5C)nc4c3)c(F)c2)C(=O)O1. The number of rotatable bonds is 5. The number of hydrogen-bond acceptors (Lipinski definition) is 7. The second kappa shape index (κ2) is 7.97.